The molecule has 0 aliphatic carbocycles. The minimum absolute atomic E-state index is 0.0105. The maximum atomic E-state index is 12.6. The molecule has 1 heterocycles. The molecule has 29 heavy (non-hydrogen) atoms. The Hall–Kier alpha value is -3.48. The van der Waals surface area contributed by atoms with E-state index in [1.165, 1.54) is 14.0 Å². The molecule has 7 heteroatoms. The minimum atomic E-state index is -1.04. The summed E-state index contributed by atoms with van der Waals surface area (Å²) in [5.74, 6) is -0.830. The average molecular weight is 393 g/mol. The summed E-state index contributed by atoms with van der Waals surface area (Å²) in [6, 6.07) is 14.2. The van der Waals surface area contributed by atoms with Crippen LogP contribution in [0, 0.1) is 0 Å². The van der Waals surface area contributed by atoms with Crippen LogP contribution in [0.5, 0.6) is 0 Å². The van der Waals surface area contributed by atoms with Gasteiger partial charge in [-0.15, -0.1) is 0 Å². The van der Waals surface area contributed by atoms with Gasteiger partial charge in [0.05, 0.1) is 5.39 Å². The lowest BCUT2D eigenvalue weighted by molar-refractivity contribution is -0.123. The Morgan fingerprint density at radius 2 is 1.62 bits per heavy atom. The predicted octanol–water partition coefficient (Wildman–Crippen LogP) is 3.24. The number of rotatable bonds is 5. The maximum absolute atomic E-state index is 12.6. The van der Waals surface area contributed by atoms with Crippen LogP contribution in [0.4, 0.5) is 5.69 Å². The van der Waals surface area contributed by atoms with E-state index in [1.54, 1.807) is 24.3 Å². The first-order valence-electron chi connectivity index (χ1n) is 9.35. The highest BCUT2D eigenvalue weighted by Gasteiger charge is 2.23. The molecule has 3 aromatic rings. The summed E-state index contributed by atoms with van der Waals surface area (Å²) >= 11 is 0. The van der Waals surface area contributed by atoms with Crippen LogP contribution in [0.1, 0.15) is 42.7 Å². The standard InChI is InChI=1S/C22H23N3O4/c1-13(2)15-9-11-16(12-10-15)23-20(26)14(3)29-22(28)19-17-7-5-6-8-18(17)21(27)25(4)24-19/h5-14H,1-4H3,(H,23,26)/t14-/m0/s1. The number of nitrogens with one attached hydrogen (secondary N) is 1. The Balaban J connectivity index is 1.75. The Kier molecular flexibility index (Phi) is 5.77. The normalized spacial score (nSPS) is 12.0. The van der Waals surface area contributed by atoms with Gasteiger partial charge in [-0.3, -0.25) is 9.59 Å². The van der Waals surface area contributed by atoms with E-state index in [0.717, 1.165) is 10.2 Å². The molecule has 2 aromatic carbocycles. The third kappa shape index (κ3) is 4.34. The summed E-state index contributed by atoms with van der Waals surface area (Å²) < 4.78 is 6.39. The summed E-state index contributed by atoms with van der Waals surface area (Å²) in [6.07, 6.45) is -1.04. The first-order valence-corrected chi connectivity index (χ1v) is 9.35. The zero-order valence-electron chi connectivity index (χ0n) is 16.8. The minimum Gasteiger partial charge on any atom is -0.448 e. The van der Waals surface area contributed by atoms with E-state index in [4.69, 9.17) is 4.74 Å². The van der Waals surface area contributed by atoms with E-state index < -0.39 is 18.0 Å². The fourth-order valence-electron chi connectivity index (χ4n) is 2.92. The van der Waals surface area contributed by atoms with Crippen LogP contribution in [-0.4, -0.2) is 27.8 Å². The lowest BCUT2D eigenvalue weighted by atomic mass is 10.0. The number of anilines is 1. The van der Waals surface area contributed by atoms with Crippen molar-refractivity contribution in [3.8, 4) is 0 Å². The number of benzene rings is 2. The molecule has 0 radical (unpaired) electrons. The fourth-order valence-corrected chi connectivity index (χ4v) is 2.92. The van der Waals surface area contributed by atoms with Crippen molar-refractivity contribution < 1.29 is 14.3 Å². The first kappa shape index (κ1) is 20.3. The van der Waals surface area contributed by atoms with E-state index in [9.17, 15) is 14.4 Å². The maximum Gasteiger partial charge on any atom is 0.360 e. The number of amides is 1. The van der Waals surface area contributed by atoms with Crippen molar-refractivity contribution in [3.63, 3.8) is 0 Å². The zero-order chi connectivity index (χ0) is 21.1. The predicted molar refractivity (Wildman–Crippen MR) is 111 cm³/mol. The number of carbonyl (C=O) groups is 2. The number of ether oxygens (including phenoxy) is 1. The number of hydrogen-bond acceptors (Lipinski definition) is 5. The van der Waals surface area contributed by atoms with Gasteiger partial charge in [0.1, 0.15) is 0 Å². The molecular formula is C22H23N3O4. The Morgan fingerprint density at radius 1 is 1.00 bits per heavy atom. The molecule has 0 aliphatic rings. The zero-order valence-corrected chi connectivity index (χ0v) is 16.8. The van der Waals surface area contributed by atoms with Gasteiger partial charge in [0, 0.05) is 18.1 Å². The van der Waals surface area contributed by atoms with Gasteiger partial charge in [-0.05, 0) is 36.6 Å². The van der Waals surface area contributed by atoms with Crippen molar-refractivity contribution in [2.24, 2.45) is 7.05 Å². The lowest BCUT2D eigenvalue weighted by Crippen LogP contribution is -2.31. The smallest absolute Gasteiger partial charge is 0.360 e. The molecule has 0 saturated carbocycles. The van der Waals surface area contributed by atoms with Crippen molar-refractivity contribution in [2.45, 2.75) is 32.8 Å². The van der Waals surface area contributed by atoms with Gasteiger partial charge < -0.3 is 10.1 Å². The van der Waals surface area contributed by atoms with Gasteiger partial charge >= 0.3 is 5.97 Å². The van der Waals surface area contributed by atoms with Crippen LogP contribution < -0.4 is 10.9 Å². The van der Waals surface area contributed by atoms with Crippen LogP contribution in [0.15, 0.2) is 53.3 Å². The number of aryl methyl sites for hydroxylation is 1. The number of hydrogen-bond donors (Lipinski definition) is 1. The summed E-state index contributed by atoms with van der Waals surface area (Å²) in [5, 5.41) is 7.50. The van der Waals surface area contributed by atoms with Gasteiger partial charge in [-0.2, -0.15) is 5.10 Å². The summed E-state index contributed by atoms with van der Waals surface area (Å²) in [4.78, 5) is 37.2. The van der Waals surface area contributed by atoms with Crippen LogP contribution in [0.3, 0.4) is 0 Å². The molecule has 0 fully saturated rings. The molecule has 1 amide bonds. The SMILES string of the molecule is CC(C)c1ccc(NC(=O)[C@H](C)OC(=O)c2nn(C)c(=O)c3ccccc23)cc1. The van der Waals surface area contributed by atoms with E-state index >= 15 is 0 Å². The second-order valence-electron chi connectivity index (χ2n) is 7.14. The van der Waals surface area contributed by atoms with Crippen molar-refractivity contribution >= 4 is 28.3 Å². The first-order chi connectivity index (χ1) is 13.8. The van der Waals surface area contributed by atoms with E-state index in [1.807, 2.05) is 24.3 Å². The highest BCUT2D eigenvalue weighted by Crippen LogP contribution is 2.18. The van der Waals surface area contributed by atoms with Gasteiger partial charge in [-0.25, -0.2) is 9.48 Å². The molecule has 0 saturated heterocycles. The molecule has 0 aliphatic heterocycles. The molecule has 1 N–H and O–H groups in total. The highest BCUT2D eigenvalue weighted by atomic mass is 16.5. The van der Waals surface area contributed by atoms with Crippen LogP contribution in [-0.2, 0) is 16.6 Å². The van der Waals surface area contributed by atoms with E-state index in [2.05, 4.69) is 24.3 Å². The third-order valence-electron chi connectivity index (χ3n) is 4.65. The molecule has 150 valence electrons. The quantitative estimate of drug-likeness (QED) is 0.672. The molecular weight excluding hydrogens is 370 g/mol. The Bertz CT molecular complexity index is 1120. The second kappa shape index (κ2) is 8.26. The van der Waals surface area contributed by atoms with Gasteiger partial charge in [0.2, 0.25) is 0 Å². The molecule has 0 bridgehead atoms. The molecule has 0 spiro atoms. The molecule has 1 atom stereocenters. The highest BCUT2D eigenvalue weighted by molar-refractivity contribution is 6.03. The van der Waals surface area contributed by atoms with Crippen LogP contribution in [0.2, 0.25) is 0 Å². The van der Waals surface area contributed by atoms with Gasteiger partial charge in [0.15, 0.2) is 11.8 Å². The van der Waals surface area contributed by atoms with Crippen LogP contribution in [0.25, 0.3) is 10.8 Å². The topological polar surface area (TPSA) is 90.3 Å². The Morgan fingerprint density at radius 3 is 2.24 bits per heavy atom. The average Bonchev–Trinajstić information content (AvgIpc) is 2.71. The van der Waals surface area contributed by atoms with Crippen LogP contribution >= 0.6 is 0 Å². The third-order valence-corrected chi connectivity index (χ3v) is 4.65. The molecule has 0 unspecified atom stereocenters. The monoisotopic (exact) mass is 393 g/mol. The fraction of sp³-hybridized carbons (Fsp3) is 0.273. The number of fused-ring (bicyclic) bond motifs is 1. The number of esters is 1. The van der Waals surface area contributed by atoms with E-state index in [0.29, 0.717) is 22.4 Å². The number of nitrogens with zero attached hydrogens (tertiary/aromatic N) is 2. The van der Waals surface area contributed by atoms with Gasteiger partial charge in [-0.1, -0.05) is 44.2 Å². The Labute approximate surface area is 168 Å². The van der Waals surface area contributed by atoms with E-state index in [-0.39, 0.29) is 11.3 Å². The lowest BCUT2D eigenvalue weighted by Gasteiger charge is -2.15. The molecule has 1 aromatic heterocycles. The largest absolute Gasteiger partial charge is 0.448 e. The van der Waals surface area contributed by atoms with Crippen molar-refractivity contribution in [1.82, 2.24) is 9.78 Å². The number of carbonyl (C=O) groups excluding carboxylic acids is 2. The van der Waals surface area contributed by atoms with Crippen molar-refractivity contribution in [3.05, 3.63) is 70.1 Å². The van der Waals surface area contributed by atoms with Gasteiger partial charge in [0.25, 0.3) is 11.5 Å². The van der Waals surface area contributed by atoms with Crippen molar-refractivity contribution in [1.29, 1.82) is 0 Å². The number of aromatic nitrogens is 2. The second-order valence-corrected chi connectivity index (χ2v) is 7.14. The summed E-state index contributed by atoms with van der Waals surface area (Å²) in [5.41, 5.74) is 1.46. The molecule has 7 nitrogen and oxygen atoms in total. The summed E-state index contributed by atoms with van der Waals surface area (Å²) in [7, 11) is 1.46. The summed E-state index contributed by atoms with van der Waals surface area (Å²) in [6.45, 7) is 5.67. The molecule has 3 rings (SSSR count). The van der Waals surface area contributed by atoms with Crippen molar-refractivity contribution in [2.75, 3.05) is 5.32 Å².